The summed E-state index contributed by atoms with van der Waals surface area (Å²) < 4.78 is 5.76. The summed E-state index contributed by atoms with van der Waals surface area (Å²) >= 11 is 6.05. The Labute approximate surface area is 148 Å². The average Bonchev–Trinajstić information content (AvgIpc) is 2.69. The predicted octanol–water partition coefficient (Wildman–Crippen LogP) is 3.48. The number of hydrogen-bond acceptors (Lipinski definition) is 3. The first-order chi connectivity index (χ1) is 10.6. The molecular formula is C17H24Cl2N2O2. The molecule has 3 atom stereocenters. The quantitative estimate of drug-likeness (QED) is 0.850. The molecule has 3 rings (SSSR count). The Balaban J connectivity index is 0.00000192. The van der Waals surface area contributed by atoms with Crippen molar-refractivity contribution in [2.75, 3.05) is 13.2 Å². The third-order valence-corrected chi connectivity index (χ3v) is 4.79. The normalized spacial score (nSPS) is 27.0. The molecule has 1 unspecified atom stereocenters. The fraction of sp³-hybridized carbons (Fsp3) is 0.588. The van der Waals surface area contributed by atoms with E-state index in [0.29, 0.717) is 17.7 Å². The lowest BCUT2D eigenvalue weighted by Crippen LogP contribution is -2.43. The second-order valence-corrected chi connectivity index (χ2v) is 6.75. The number of nitrogens with one attached hydrogen (secondary N) is 2. The fourth-order valence-corrected chi connectivity index (χ4v) is 3.52. The van der Waals surface area contributed by atoms with Gasteiger partial charge in [-0.1, -0.05) is 17.7 Å². The average molecular weight is 359 g/mol. The summed E-state index contributed by atoms with van der Waals surface area (Å²) in [6, 6.07) is 6.11. The largest absolute Gasteiger partial charge is 0.493 e. The van der Waals surface area contributed by atoms with Crippen LogP contribution in [0.1, 0.15) is 44.2 Å². The van der Waals surface area contributed by atoms with Crippen LogP contribution in [0.25, 0.3) is 0 Å². The van der Waals surface area contributed by atoms with Gasteiger partial charge in [0.1, 0.15) is 5.75 Å². The zero-order chi connectivity index (χ0) is 15.5. The Hall–Kier alpha value is -0.970. The highest BCUT2D eigenvalue weighted by Gasteiger charge is 2.28. The molecule has 0 aromatic heterocycles. The standard InChI is InChI=1S/C17H23ClN2O2.ClH/c1-11-9-12(6-7-19-11)17(21)20-15-3-2-8-22-16-10-13(18)4-5-14(15)16;/h4-5,10-12,15,19H,2-3,6-9H2,1H3,(H,20,21);1H/t11-,12-,15?;/m0./s1. The van der Waals surface area contributed by atoms with Crippen LogP contribution in [0, 0.1) is 5.92 Å². The van der Waals surface area contributed by atoms with Crippen molar-refractivity contribution in [2.24, 2.45) is 5.92 Å². The van der Waals surface area contributed by atoms with Gasteiger partial charge < -0.3 is 15.4 Å². The molecule has 6 heteroatoms. The van der Waals surface area contributed by atoms with E-state index in [4.69, 9.17) is 16.3 Å². The number of carbonyl (C=O) groups is 1. The summed E-state index contributed by atoms with van der Waals surface area (Å²) in [6.07, 6.45) is 3.65. The molecule has 2 heterocycles. The van der Waals surface area contributed by atoms with E-state index in [-0.39, 0.29) is 30.3 Å². The summed E-state index contributed by atoms with van der Waals surface area (Å²) in [6.45, 7) is 3.72. The van der Waals surface area contributed by atoms with Crippen LogP contribution in [0.15, 0.2) is 18.2 Å². The number of piperidine rings is 1. The Bertz CT molecular complexity index is 553. The molecule has 0 spiro atoms. The molecule has 0 bridgehead atoms. The minimum atomic E-state index is 0. The molecule has 2 aliphatic rings. The Morgan fingerprint density at radius 1 is 1.39 bits per heavy atom. The Kier molecular flexibility index (Phi) is 6.57. The number of amides is 1. The number of hydrogen-bond donors (Lipinski definition) is 2. The molecule has 1 aromatic carbocycles. The number of rotatable bonds is 2. The highest BCUT2D eigenvalue weighted by molar-refractivity contribution is 6.30. The molecule has 0 saturated carbocycles. The third-order valence-electron chi connectivity index (χ3n) is 4.56. The van der Waals surface area contributed by atoms with E-state index in [0.717, 1.165) is 43.5 Å². The van der Waals surface area contributed by atoms with Crippen LogP contribution in [-0.2, 0) is 4.79 Å². The molecule has 23 heavy (non-hydrogen) atoms. The van der Waals surface area contributed by atoms with Crippen LogP contribution >= 0.6 is 24.0 Å². The summed E-state index contributed by atoms with van der Waals surface area (Å²) in [5.74, 6) is 1.08. The molecule has 1 saturated heterocycles. The van der Waals surface area contributed by atoms with Gasteiger partial charge >= 0.3 is 0 Å². The molecule has 128 valence electrons. The van der Waals surface area contributed by atoms with Gasteiger partial charge in [-0.2, -0.15) is 0 Å². The molecule has 1 fully saturated rings. The lowest BCUT2D eigenvalue weighted by molar-refractivity contribution is -0.126. The van der Waals surface area contributed by atoms with Crippen molar-refractivity contribution in [1.82, 2.24) is 10.6 Å². The first-order valence-electron chi connectivity index (χ1n) is 8.09. The van der Waals surface area contributed by atoms with E-state index >= 15 is 0 Å². The summed E-state index contributed by atoms with van der Waals surface area (Å²) in [5, 5.41) is 7.29. The van der Waals surface area contributed by atoms with Crippen LogP contribution < -0.4 is 15.4 Å². The van der Waals surface area contributed by atoms with Gasteiger partial charge in [0.2, 0.25) is 5.91 Å². The Morgan fingerprint density at radius 2 is 2.22 bits per heavy atom. The zero-order valence-corrected chi connectivity index (χ0v) is 14.9. The number of ether oxygens (including phenoxy) is 1. The molecule has 1 aromatic rings. The van der Waals surface area contributed by atoms with Crippen molar-refractivity contribution in [3.05, 3.63) is 28.8 Å². The van der Waals surface area contributed by atoms with E-state index in [2.05, 4.69) is 17.6 Å². The number of fused-ring (bicyclic) bond motifs is 1. The molecule has 2 aliphatic heterocycles. The number of carbonyl (C=O) groups excluding carboxylic acids is 1. The van der Waals surface area contributed by atoms with Crippen molar-refractivity contribution < 1.29 is 9.53 Å². The maximum Gasteiger partial charge on any atom is 0.223 e. The van der Waals surface area contributed by atoms with Crippen LogP contribution in [0.4, 0.5) is 0 Å². The smallest absolute Gasteiger partial charge is 0.223 e. The van der Waals surface area contributed by atoms with Gasteiger partial charge in [0.15, 0.2) is 0 Å². The topological polar surface area (TPSA) is 50.4 Å². The van der Waals surface area contributed by atoms with Crippen molar-refractivity contribution in [2.45, 2.75) is 44.7 Å². The van der Waals surface area contributed by atoms with Crippen molar-refractivity contribution in [3.63, 3.8) is 0 Å². The van der Waals surface area contributed by atoms with Crippen molar-refractivity contribution in [3.8, 4) is 5.75 Å². The maximum atomic E-state index is 12.6. The summed E-state index contributed by atoms with van der Waals surface area (Å²) in [4.78, 5) is 12.6. The zero-order valence-electron chi connectivity index (χ0n) is 13.3. The molecule has 0 radical (unpaired) electrons. The number of halogens is 2. The fourth-order valence-electron chi connectivity index (χ4n) is 3.36. The van der Waals surface area contributed by atoms with E-state index in [1.54, 1.807) is 0 Å². The highest BCUT2D eigenvalue weighted by atomic mass is 35.5. The van der Waals surface area contributed by atoms with Gasteiger partial charge in [-0.05, 0) is 51.3 Å². The van der Waals surface area contributed by atoms with Gasteiger partial charge in [-0.25, -0.2) is 0 Å². The van der Waals surface area contributed by atoms with Gasteiger partial charge in [0, 0.05) is 22.5 Å². The van der Waals surface area contributed by atoms with E-state index in [9.17, 15) is 4.79 Å². The first-order valence-corrected chi connectivity index (χ1v) is 8.47. The van der Waals surface area contributed by atoms with Crippen LogP contribution in [0.3, 0.4) is 0 Å². The molecule has 2 N–H and O–H groups in total. The minimum absolute atomic E-state index is 0. The van der Waals surface area contributed by atoms with Gasteiger partial charge in [-0.15, -0.1) is 12.4 Å². The van der Waals surface area contributed by atoms with Gasteiger partial charge in [-0.3, -0.25) is 4.79 Å². The van der Waals surface area contributed by atoms with Gasteiger partial charge in [0.25, 0.3) is 0 Å². The molecular weight excluding hydrogens is 335 g/mol. The third kappa shape index (κ3) is 4.52. The van der Waals surface area contributed by atoms with Crippen molar-refractivity contribution in [1.29, 1.82) is 0 Å². The van der Waals surface area contributed by atoms with Gasteiger partial charge in [0.05, 0.1) is 12.6 Å². The second-order valence-electron chi connectivity index (χ2n) is 6.31. The number of benzene rings is 1. The lowest BCUT2D eigenvalue weighted by Gasteiger charge is -2.29. The van der Waals surface area contributed by atoms with E-state index in [1.165, 1.54) is 0 Å². The monoisotopic (exact) mass is 358 g/mol. The Morgan fingerprint density at radius 3 is 3.00 bits per heavy atom. The molecule has 0 aliphatic carbocycles. The van der Waals surface area contributed by atoms with Crippen LogP contribution in [0.2, 0.25) is 5.02 Å². The molecule has 4 nitrogen and oxygen atoms in total. The summed E-state index contributed by atoms with van der Waals surface area (Å²) in [7, 11) is 0. The van der Waals surface area contributed by atoms with E-state index < -0.39 is 0 Å². The highest BCUT2D eigenvalue weighted by Crippen LogP contribution is 2.34. The maximum absolute atomic E-state index is 12.6. The molecule has 1 amide bonds. The lowest BCUT2D eigenvalue weighted by atomic mass is 9.91. The van der Waals surface area contributed by atoms with Crippen molar-refractivity contribution >= 4 is 29.9 Å². The first kappa shape index (κ1) is 18.4. The van der Waals surface area contributed by atoms with Crippen LogP contribution in [0.5, 0.6) is 5.75 Å². The van der Waals surface area contributed by atoms with E-state index in [1.807, 2.05) is 18.2 Å². The predicted molar refractivity (Wildman–Crippen MR) is 94.5 cm³/mol. The SMILES string of the molecule is C[C@H]1C[C@@H](C(=O)NC2CCCOc3cc(Cl)ccc32)CCN1.Cl. The summed E-state index contributed by atoms with van der Waals surface area (Å²) in [5.41, 5.74) is 1.04. The second kappa shape index (κ2) is 8.22. The van der Waals surface area contributed by atoms with Crippen LogP contribution in [-0.4, -0.2) is 25.1 Å². The minimum Gasteiger partial charge on any atom is -0.493 e.